The molecule has 1 fully saturated rings. The molecule has 1 aliphatic carbocycles. The van der Waals surface area contributed by atoms with Crippen molar-refractivity contribution in [1.82, 2.24) is 0 Å². The Labute approximate surface area is 71.4 Å². The Hall–Kier alpha value is 0. The van der Waals surface area contributed by atoms with E-state index in [1.165, 1.54) is 6.42 Å². The van der Waals surface area contributed by atoms with Crippen molar-refractivity contribution in [2.75, 3.05) is 0 Å². The second-order valence-electron chi connectivity index (χ2n) is 5.25. The van der Waals surface area contributed by atoms with Gasteiger partial charge in [0.05, 0.1) is 0 Å². The lowest BCUT2D eigenvalue weighted by atomic mass is 9.41. The summed E-state index contributed by atoms with van der Waals surface area (Å²) in [5.41, 5.74) is 1.11. The zero-order valence-electron chi connectivity index (χ0n) is 8.86. The highest BCUT2D eigenvalue weighted by molar-refractivity contribution is 5.06. The maximum atomic E-state index is 2.42. The fourth-order valence-corrected chi connectivity index (χ4v) is 2.96. The molecule has 0 nitrogen and oxygen atoms in total. The molecule has 0 aromatic carbocycles. The van der Waals surface area contributed by atoms with Gasteiger partial charge in [0, 0.05) is 0 Å². The van der Waals surface area contributed by atoms with E-state index in [4.69, 9.17) is 0 Å². The molecule has 0 aromatic heterocycles. The molecule has 0 saturated heterocycles. The molecule has 0 heterocycles. The van der Waals surface area contributed by atoms with Crippen molar-refractivity contribution < 1.29 is 0 Å². The molecule has 1 aliphatic rings. The standard InChI is InChI=1S/C11H22/c1-7-9-8(2)10(3,4)11(9,5)6/h8-9H,7H2,1-6H3. The average molecular weight is 154 g/mol. The van der Waals surface area contributed by atoms with Crippen LogP contribution in [0.4, 0.5) is 0 Å². The Morgan fingerprint density at radius 1 is 1.00 bits per heavy atom. The van der Waals surface area contributed by atoms with Crippen LogP contribution in [0.3, 0.4) is 0 Å². The fourth-order valence-electron chi connectivity index (χ4n) is 2.96. The van der Waals surface area contributed by atoms with Crippen LogP contribution in [-0.2, 0) is 0 Å². The summed E-state index contributed by atoms with van der Waals surface area (Å²) in [7, 11) is 0. The third kappa shape index (κ3) is 0.878. The van der Waals surface area contributed by atoms with Crippen molar-refractivity contribution in [3.63, 3.8) is 0 Å². The van der Waals surface area contributed by atoms with E-state index in [-0.39, 0.29) is 0 Å². The largest absolute Gasteiger partial charge is 0.0651 e. The normalized spacial score (nSPS) is 39.8. The van der Waals surface area contributed by atoms with E-state index in [1.54, 1.807) is 0 Å². The number of rotatable bonds is 1. The highest BCUT2D eigenvalue weighted by atomic mass is 14.6. The lowest BCUT2D eigenvalue weighted by Crippen LogP contribution is -2.58. The van der Waals surface area contributed by atoms with Crippen molar-refractivity contribution in [2.24, 2.45) is 22.7 Å². The lowest BCUT2D eigenvalue weighted by molar-refractivity contribution is -0.159. The SMILES string of the molecule is CCC1C(C)C(C)(C)C1(C)C. The van der Waals surface area contributed by atoms with Gasteiger partial charge in [0.2, 0.25) is 0 Å². The van der Waals surface area contributed by atoms with E-state index in [2.05, 4.69) is 41.5 Å². The third-order valence-corrected chi connectivity index (χ3v) is 4.77. The average Bonchev–Trinajstić information content (AvgIpc) is 1.88. The molecule has 0 bridgehead atoms. The van der Waals surface area contributed by atoms with Gasteiger partial charge in [0.15, 0.2) is 0 Å². The zero-order chi connectivity index (χ0) is 8.86. The first kappa shape index (κ1) is 9.09. The molecule has 0 aliphatic heterocycles. The van der Waals surface area contributed by atoms with E-state index in [0.29, 0.717) is 10.8 Å². The molecule has 2 unspecified atom stereocenters. The van der Waals surface area contributed by atoms with E-state index >= 15 is 0 Å². The molecule has 66 valence electrons. The maximum absolute atomic E-state index is 2.42. The molecule has 1 rings (SSSR count). The zero-order valence-corrected chi connectivity index (χ0v) is 8.86. The summed E-state index contributed by atoms with van der Waals surface area (Å²) in [5, 5.41) is 0. The number of hydrogen-bond donors (Lipinski definition) is 0. The summed E-state index contributed by atoms with van der Waals surface area (Å²) >= 11 is 0. The minimum atomic E-state index is 0.549. The van der Waals surface area contributed by atoms with Crippen LogP contribution in [0, 0.1) is 22.7 Å². The Bertz CT molecular complexity index is 153. The molecule has 0 aromatic rings. The Morgan fingerprint density at radius 3 is 1.64 bits per heavy atom. The van der Waals surface area contributed by atoms with Crippen molar-refractivity contribution in [3.8, 4) is 0 Å². The fraction of sp³-hybridized carbons (Fsp3) is 1.00. The molecular formula is C11H22. The molecular weight excluding hydrogens is 132 g/mol. The van der Waals surface area contributed by atoms with Gasteiger partial charge in [-0.3, -0.25) is 0 Å². The highest BCUT2D eigenvalue weighted by Crippen LogP contribution is 2.64. The molecule has 0 spiro atoms. The van der Waals surface area contributed by atoms with E-state index in [9.17, 15) is 0 Å². The summed E-state index contributed by atoms with van der Waals surface area (Å²) < 4.78 is 0. The van der Waals surface area contributed by atoms with Crippen molar-refractivity contribution in [1.29, 1.82) is 0 Å². The molecule has 0 radical (unpaired) electrons. The van der Waals surface area contributed by atoms with Gasteiger partial charge in [-0.05, 0) is 22.7 Å². The predicted octanol–water partition coefficient (Wildman–Crippen LogP) is 3.71. The summed E-state index contributed by atoms with van der Waals surface area (Å²) in [5.74, 6) is 1.85. The monoisotopic (exact) mass is 154 g/mol. The van der Waals surface area contributed by atoms with E-state index < -0.39 is 0 Å². The minimum absolute atomic E-state index is 0.549. The molecule has 0 heteroatoms. The van der Waals surface area contributed by atoms with Crippen molar-refractivity contribution in [2.45, 2.75) is 48.0 Å². The second kappa shape index (κ2) is 2.24. The molecule has 11 heavy (non-hydrogen) atoms. The predicted molar refractivity (Wildman–Crippen MR) is 50.5 cm³/mol. The number of hydrogen-bond acceptors (Lipinski definition) is 0. The first-order chi connectivity index (χ1) is 4.85. The summed E-state index contributed by atoms with van der Waals surface area (Å²) in [6.45, 7) is 14.4. The van der Waals surface area contributed by atoms with Gasteiger partial charge in [-0.2, -0.15) is 0 Å². The molecule has 1 saturated carbocycles. The Kier molecular flexibility index (Phi) is 1.85. The Morgan fingerprint density at radius 2 is 1.45 bits per heavy atom. The van der Waals surface area contributed by atoms with E-state index in [0.717, 1.165) is 11.8 Å². The topological polar surface area (TPSA) is 0 Å². The van der Waals surface area contributed by atoms with Gasteiger partial charge >= 0.3 is 0 Å². The van der Waals surface area contributed by atoms with Crippen molar-refractivity contribution in [3.05, 3.63) is 0 Å². The maximum Gasteiger partial charge on any atom is -0.0269 e. The smallest absolute Gasteiger partial charge is 0.0269 e. The van der Waals surface area contributed by atoms with Gasteiger partial charge in [0.25, 0.3) is 0 Å². The van der Waals surface area contributed by atoms with Gasteiger partial charge in [-0.1, -0.05) is 48.0 Å². The van der Waals surface area contributed by atoms with Gasteiger partial charge < -0.3 is 0 Å². The Balaban J connectivity index is 2.79. The van der Waals surface area contributed by atoms with Crippen LogP contribution in [-0.4, -0.2) is 0 Å². The lowest BCUT2D eigenvalue weighted by Gasteiger charge is -2.64. The summed E-state index contributed by atoms with van der Waals surface area (Å²) in [6, 6.07) is 0. The quantitative estimate of drug-likeness (QED) is 0.540. The van der Waals surface area contributed by atoms with Crippen LogP contribution < -0.4 is 0 Å². The van der Waals surface area contributed by atoms with Crippen LogP contribution in [0.15, 0.2) is 0 Å². The molecule has 0 N–H and O–H groups in total. The van der Waals surface area contributed by atoms with Crippen LogP contribution in [0.1, 0.15) is 48.0 Å². The molecule has 2 atom stereocenters. The highest BCUT2D eigenvalue weighted by Gasteiger charge is 2.58. The van der Waals surface area contributed by atoms with Crippen LogP contribution in [0.2, 0.25) is 0 Å². The second-order valence-corrected chi connectivity index (χ2v) is 5.25. The molecule has 0 amide bonds. The third-order valence-electron chi connectivity index (χ3n) is 4.77. The summed E-state index contributed by atoms with van der Waals surface area (Å²) in [4.78, 5) is 0. The van der Waals surface area contributed by atoms with Gasteiger partial charge in [0.1, 0.15) is 0 Å². The first-order valence-corrected chi connectivity index (χ1v) is 4.85. The van der Waals surface area contributed by atoms with Crippen molar-refractivity contribution >= 4 is 0 Å². The first-order valence-electron chi connectivity index (χ1n) is 4.85. The van der Waals surface area contributed by atoms with Gasteiger partial charge in [-0.15, -0.1) is 0 Å². The van der Waals surface area contributed by atoms with Gasteiger partial charge in [-0.25, -0.2) is 0 Å². The van der Waals surface area contributed by atoms with Crippen LogP contribution >= 0.6 is 0 Å². The summed E-state index contributed by atoms with van der Waals surface area (Å²) in [6.07, 6.45) is 1.34. The minimum Gasteiger partial charge on any atom is -0.0651 e. The van der Waals surface area contributed by atoms with Crippen LogP contribution in [0.25, 0.3) is 0 Å². The van der Waals surface area contributed by atoms with E-state index in [1.807, 2.05) is 0 Å². The van der Waals surface area contributed by atoms with Crippen LogP contribution in [0.5, 0.6) is 0 Å².